The fraction of sp³-hybridized carbons (Fsp3) is 0.500. The molecule has 0 aromatic carbocycles. The van der Waals surface area contributed by atoms with Crippen molar-refractivity contribution in [2.24, 2.45) is 0 Å². The molecule has 0 fully saturated rings. The molecule has 0 amide bonds. The second kappa shape index (κ2) is 4.16. The van der Waals surface area contributed by atoms with Crippen LogP contribution in [0.25, 0.3) is 0 Å². The van der Waals surface area contributed by atoms with Gasteiger partial charge in [-0.1, -0.05) is 12.2 Å². The number of aliphatic hydroxyl groups is 2. The zero-order valence-electron chi connectivity index (χ0n) is 6.35. The Labute approximate surface area is 66.3 Å². The van der Waals surface area contributed by atoms with Gasteiger partial charge in [-0.25, -0.2) is 0 Å². The molecule has 0 aromatic heterocycles. The van der Waals surface area contributed by atoms with Crippen molar-refractivity contribution in [1.29, 1.82) is 0 Å². The lowest BCUT2D eigenvalue weighted by Crippen LogP contribution is -2.31. The molecule has 0 aromatic rings. The number of aliphatic hydroxyl groups excluding tert-OH is 2. The molecule has 11 heavy (non-hydrogen) atoms. The third-order valence-electron chi connectivity index (χ3n) is 1.54. The molecule has 1 unspecified atom stereocenters. The van der Waals surface area contributed by atoms with Crippen molar-refractivity contribution in [3.05, 3.63) is 24.4 Å². The van der Waals surface area contributed by atoms with Gasteiger partial charge in [0, 0.05) is 13.1 Å². The lowest BCUT2D eigenvalue weighted by Gasteiger charge is -2.22. The third kappa shape index (κ3) is 2.74. The quantitative estimate of drug-likeness (QED) is 0.589. The summed E-state index contributed by atoms with van der Waals surface area (Å²) in [7, 11) is 0. The number of β-amino-alcohol motifs (C(OH)–C–C–N with tert-alkyl or cyclic N) is 1. The first kappa shape index (κ1) is 8.30. The van der Waals surface area contributed by atoms with E-state index < -0.39 is 6.10 Å². The number of rotatable bonds is 3. The number of hydrogen-bond donors (Lipinski definition) is 2. The molecule has 3 heteroatoms. The standard InChI is InChI=1S/C8H13NO2/c10-7-8(11)6-9-4-2-1-3-5-9/h1-4,8,10-11H,5-7H2. The molecule has 0 bridgehead atoms. The fourth-order valence-corrected chi connectivity index (χ4v) is 0.971. The van der Waals surface area contributed by atoms with Crippen LogP contribution in [0.4, 0.5) is 0 Å². The molecule has 3 nitrogen and oxygen atoms in total. The maximum Gasteiger partial charge on any atom is 0.0945 e. The van der Waals surface area contributed by atoms with E-state index in [0.29, 0.717) is 6.54 Å². The van der Waals surface area contributed by atoms with Gasteiger partial charge < -0.3 is 15.1 Å². The SMILES string of the molecule is OCC(O)CN1C=CC=CC1. The first-order valence-corrected chi connectivity index (χ1v) is 3.69. The van der Waals surface area contributed by atoms with Crippen LogP contribution in [0.1, 0.15) is 0 Å². The van der Waals surface area contributed by atoms with Gasteiger partial charge in [-0.05, 0) is 12.3 Å². The zero-order chi connectivity index (χ0) is 8.10. The molecule has 0 saturated carbocycles. The molecular formula is C8H13NO2. The lowest BCUT2D eigenvalue weighted by molar-refractivity contribution is 0.0739. The highest BCUT2D eigenvalue weighted by Crippen LogP contribution is 1.99. The molecule has 1 heterocycles. The predicted octanol–water partition coefficient (Wildman–Crippen LogP) is -0.275. The van der Waals surface area contributed by atoms with Gasteiger partial charge in [-0.15, -0.1) is 0 Å². The highest BCUT2D eigenvalue weighted by atomic mass is 16.3. The van der Waals surface area contributed by atoms with Crippen LogP contribution in [0.5, 0.6) is 0 Å². The van der Waals surface area contributed by atoms with Gasteiger partial charge in [0.25, 0.3) is 0 Å². The molecular weight excluding hydrogens is 142 g/mol. The van der Waals surface area contributed by atoms with Crippen LogP contribution in [0, 0.1) is 0 Å². The Morgan fingerprint density at radius 3 is 2.82 bits per heavy atom. The zero-order valence-corrected chi connectivity index (χ0v) is 6.35. The second-order valence-electron chi connectivity index (χ2n) is 2.56. The van der Waals surface area contributed by atoms with E-state index >= 15 is 0 Å². The van der Waals surface area contributed by atoms with Crippen LogP contribution >= 0.6 is 0 Å². The van der Waals surface area contributed by atoms with Crippen LogP contribution in [0.3, 0.4) is 0 Å². The Morgan fingerprint density at radius 1 is 1.45 bits per heavy atom. The van der Waals surface area contributed by atoms with Crippen LogP contribution in [0.15, 0.2) is 24.4 Å². The molecule has 1 aliphatic rings. The Bertz CT molecular complexity index is 165. The van der Waals surface area contributed by atoms with Crippen molar-refractivity contribution >= 4 is 0 Å². The van der Waals surface area contributed by atoms with E-state index in [2.05, 4.69) is 0 Å². The van der Waals surface area contributed by atoms with E-state index in [1.807, 2.05) is 29.3 Å². The normalized spacial score (nSPS) is 18.9. The second-order valence-corrected chi connectivity index (χ2v) is 2.56. The van der Waals surface area contributed by atoms with Gasteiger partial charge in [-0.3, -0.25) is 0 Å². The summed E-state index contributed by atoms with van der Waals surface area (Å²) in [6.07, 6.45) is 7.14. The molecule has 1 atom stereocenters. The number of hydrogen-bond acceptors (Lipinski definition) is 3. The monoisotopic (exact) mass is 155 g/mol. The van der Waals surface area contributed by atoms with Crippen molar-refractivity contribution in [2.75, 3.05) is 19.7 Å². The summed E-state index contributed by atoms with van der Waals surface area (Å²) in [6, 6.07) is 0. The molecule has 0 aliphatic carbocycles. The van der Waals surface area contributed by atoms with Crippen molar-refractivity contribution in [1.82, 2.24) is 4.90 Å². The first-order chi connectivity index (χ1) is 5.33. The first-order valence-electron chi connectivity index (χ1n) is 3.69. The minimum atomic E-state index is -0.633. The van der Waals surface area contributed by atoms with E-state index in [1.165, 1.54) is 0 Å². The van der Waals surface area contributed by atoms with Gasteiger partial charge in [0.2, 0.25) is 0 Å². The maximum absolute atomic E-state index is 9.06. The topological polar surface area (TPSA) is 43.7 Å². The summed E-state index contributed by atoms with van der Waals surface area (Å²) in [5, 5.41) is 17.6. The van der Waals surface area contributed by atoms with E-state index in [9.17, 15) is 0 Å². The average molecular weight is 155 g/mol. The molecule has 0 radical (unpaired) electrons. The van der Waals surface area contributed by atoms with E-state index in [4.69, 9.17) is 10.2 Å². The molecule has 2 N–H and O–H groups in total. The minimum absolute atomic E-state index is 0.173. The van der Waals surface area contributed by atoms with Gasteiger partial charge in [0.1, 0.15) is 0 Å². The minimum Gasteiger partial charge on any atom is -0.394 e. The molecule has 1 aliphatic heterocycles. The van der Waals surface area contributed by atoms with Crippen molar-refractivity contribution in [3.63, 3.8) is 0 Å². The van der Waals surface area contributed by atoms with Gasteiger partial charge in [-0.2, -0.15) is 0 Å². The highest BCUT2D eigenvalue weighted by Gasteiger charge is 2.06. The van der Waals surface area contributed by atoms with Gasteiger partial charge in [0.15, 0.2) is 0 Å². The van der Waals surface area contributed by atoms with Crippen LogP contribution in [-0.4, -0.2) is 40.9 Å². The van der Waals surface area contributed by atoms with E-state index in [0.717, 1.165) is 6.54 Å². The molecule has 62 valence electrons. The highest BCUT2D eigenvalue weighted by molar-refractivity contribution is 5.08. The Morgan fingerprint density at radius 2 is 2.27 bits per heavy atom. The average Bonchev–Trinajstić information content (AvgIpc) is 2.06. The third-order valence-corrected chi connectivity index (χ3v) is 1.54. The smallest absolute Gasteiger partial charge is 0.0945 e. The summed E-state index contributed by atoms with van der Waals surface area (Å²) in [4.78, 5) is 1.95. The van der Waals surface area contributed by atoms with E-state index in [1.54, 1.807) is 0 Å². The van der Waals surface area contributed by atoms with E-state index in [-0.39, 0.29) is 6.61 Å². The summed E-state index contributed by atoms with van der Waals surface area (Å²) in [5.41, 5.74) is 0. The molecule has 1 rings (SSSR count). The summed E-state index contributed by atoms with van der Waals surface area (Å²) in [6.45, 7) is 1.14. The van der Waals surface area contributed by atoms with Crippen LogP contribution < -0.4 is 0 Å². The summed E-state index contributed by atoms with van der Waals surface area (Å²) >= 11 is 0. The van der Waals surface area contributed by atoms with Crippen LogP contribution in [0.2, 0.25) is 0 Å². The van der Waals surface area contributed by atoms with Crippen molar-refractivity contribution < 1.29 is 10.2 Å². The summed E-state index contributed by atoms with van der Waals surface area (Å²) < 4.78 is 0. The molecule has 0 spiro atoms. The fourth-order valence-electron chi connectivity index (χ4n) is 0.971. The Hall–Kier alpha value is -0.800. The lowest BCUT2D eigenvalue weighted by atomic mass is 10.3. The van der Waals surface area contributed by atoms with Gasteiger partial charge >= 0.3 is 0 Å². The van der Waals surface area contributed by atoms with Gasteiger partial charge in [0.05, 0.1) is 12.7 Å². The Kier molecular flexibility index (Phi) is 3.14. The maximum atomic E-state index is 9.06. The predicted molar refractivity (Wildman–Crippen MR) is 42.9 cm³/mol. The number of allylic oxidation sites excluding steroid dienone is 2. The van der Waals surface area contributed by atoms with Crippen molar-refractivity contribution in [3.8, 4) is 0 Å². The van der Waals surface area contributed by atoms with Crippen molar-refractivity contribution in [2.45, 2.75) is 6.10 Å². The number of nitrogens with zero attached hydrogens (tertiary/aromatic N) is 1. The largest absolute Gasteiger partial charge is 0.394 e. The van der Waals surface area contributed by atoms with Crippen LogP contribution in [-0.2, 0) is 0 Å². The Balaban J connectivity index is 2.27. The molecule has 0 saturated heterocycles. The summed E-state index contributed by atoms with van der Waals surface area (Å²) in [5.74, 6) is 0.